The Hall–Kier alpha value is -1.12. The van der Waals surface area contributed by atoms with Crippen molar-refractivity contribution in [1.29, 1.82) is 0 Å². The fourth-order valence-corrected chi connectivity index (χ4v) is 1.83. The highest BCUT2D eigenvalue weighted by atomic mass is 16.7. The molecule has 0 aliphatic heterocycles. The van der Waals surface area contributed by atoms with E-state index in [9.17, 15) is 0 Å². The van der Waals surface area contributed by atoms with Crippen LogP contribution in [-0.4, -0.2) is 19.5 Å². The van der Waals surface area contributed by atoms with Gasteiger partial charge in [0.25, 0.3) is 0 Å². The average Bonchev–Trinajstić information content (AvgIpc) is 2.37. The molecule has 0 heterocycles. The molecule has 0 spiro atoms. The normalized spacial score (nSPS) is 12.6. The van der Waals surface area contributed by atoms with Crippen LogP contribution in [0.5, 0.6) is 0 Å². The molecular formula is C15H22O2. The summed E-state index contributed by atoms with van der Waals surface area (Å²) in [5, 5.41) is 0. The Morgan fingerprint density at radius 3 is 2.18 bits per heavy atom. The maximum absolute atomic E-state index is 5.57. The molecule has 94 valence electrons. The van der Waals surface area contributed by atoms with Crippen LogP contribution in [0.2, 0.25) is 0 Å². The third kappa shape index (κ3) is 4.72. The number of hydrogen-bond acceptors (Lipinski definition) is 2. The first-order valence-electron chi connectivity index (χ1n) is 6.22. The maximum atomic E-state index is 5.57. The Labute approximate surface area is 104 Å². The van der Waals surface area contributed by atoms with Gasteiger partial charge < -0.3 is 9.47 Å². The highest BCUT2D eigenvalue weighted by Crippen LogP contribution is 2.23. The van der Waals surface area contributed by atoms with Crippen LogP contribution in [0.1, 0.15) is 31.7 Å². The molecule has 0 radical (unpaired) electrons. The van der Waals surface area contributed by atoms with Crippen molar-refractivity contribution in [3.8, 4) is 0 Å². The van der Waals surface area contributed by atoms with Gasteiger partial charge in [-0.2, -0.15) is 0 Å². The molecule has 0 amide bonds. The van der Waals surface area contributed by atoms with E-state index in [2.05, 4.69) is 18.7 Å². The molecule has 0 aliphatic carbocycles. The second-order valence-electron chi connectivity index (χ2n) is 3.83. The van der Waals surface area contributed by atoms with E-state index < -0.39 is 0 Å². The third-order valence-electron chi connectivity index (χ3n) is 2.66. The van der Waals surface area contributed by atoms with Gasteiger partial charge >= 0.3 is 0 Å². The summed E-state index contributed by atoms with van der Waals surface area (Å²) in [4.78, 5) is 0. The molecule has 2 heteroatoms. The van der Waals surface area contributed by atoms with Crippen molar-refractivity contribution in [3.63, 3.8) is 0 Å². The van der Waals surface area contributed by atoms with Gasteiger partial charge in [0.2, 0.25) is 0 Å². The van der Waals surface area contributed by atoms with E-state index in [-0.39, 0.29) is 12.2 Å². The molecule has 17 heavy (non-hydrogen) atoms. The number of ether oxygens (including phenoxy) is 2. The molecule has 0 fully saturated rings. The Morgan fingerprint density at radius 2 is 1.71 bits per heavy atom. The molecule has 0 saturated heterocycles. The second-order valence-corrected chi connectivity index (χ2v) is 3.83. The minimum Gasteiger partial charge on any atom is -0.353 e. The first-order valence-corrected chi connectivity index (χ1v) is 6.22. The van der Waals surface area contributed by atoms with Crippen molar-refractivity contribution < 1.29 is 9.47 Å². The minimum atomic E-state index is -0.145. The lowest BCUT2D eigenvalue weighted by Crippen LogP contribution is -2.20. The van der Waals surface area contributed by atoms with Crippen LogP contribution in [0.4, 0.5) is 0 Å². The molecule has 0 bridgehead atoms. The van der Waals surface area contributed by atoms with E-state index in [1.54, 1.807) is 0 Å². The fraction of sp³-hybridized carbons (Fsp3) is 0.467. The number of hydrogen-bond donors (Lipinski definition) is 0. The zero-order valence-electron chi connectivity index (χ0n) is 10.8. The standard InChI is InChI=1S/C15H22O2/c1-4-13(14-10-8-7-9-11-14)12-15(16-5-2)17-6-3/h4,7-11,13,15H,1,5-6,12H2,2-3H3. The predicted molar refractivity (Wildman–Crippen MR) is 71.0 cm³/mol. The zero-order valence-corrected chi connectivity index (χ0v) is 10.8. The molecule has 0 aromatic heterocycles. The Morgan fingerprint density at radius 1 is 1.12 bits per heavy atom. The second kappa shape index (κ2) is 8.04. The molecule has 0 N–H and O–H groups in total. The van der Waals surface area contributed by atoms with E-state index in [1.165, 1.54) is 5.56 Å². The van der Waals surface area contributed by atoms with Crippen molar-refractivity contribution in [2.24, 2.45) is 0 Å². The molecule has 0 aliphatic rings. The summed E-state index contributed by atoms with van der Waals surface area (Å²) in [5.41, 5.74) is 1.26. The van der Waals surface area contributed by atoms with Crippen molar-refractivity contribution in [1.82, 2.24) is 0 Å². The van der Waals surface area contributed by atoms with E-state index in [0.29, 0.717) is 13.2 Å². The first-order chi connectivity index (χ1) is 8.31. The minimum absolute atomic E-state index is 0.145. The lowest BCUT2D eigenvalue weighted by Gasteiger charge is -2.21. The van der Waals surface area contributed by atoms with E-state index in [0.717, 1.165) is 6.42 Å². The Balaban J connectivity index is 2.64. The largest absolute Gasteiger partial charge is 0.353 e. The van der Waals surface area contributed by atoms with E-state index in [4.69, 9.17) is 9.47 Å². The summed E-state index contributed by atoms with van der Waals surface area (Å²) in [6.07, 6.45) is 2.63. The zero-order chi connectivity index (χ0) is 12.5. The summed E-state index contributed by atoms with van der Waals surface area (Å²) in [5.74, 6) is 0.277. The Kier molecular flexibility index (Phi) is 6.60. The van der Waals surface area contributed by atoms with E-state index >= 15 is 0 Å². The van der Waals surface area contributed by atoms with Crippen LogP contribution in [0.25, 0.3) is 0 Å². The van der Waals surface area contributed by atoms with Crippen molar-refractivity contribution >= 4 is 0 Å². The highest BCUT2D eigenvalue weighted by Gasteiger charge is 2.15. The van der Waals surface area contributed by atoms with Crippen LogP contribution in [0.3, 0.4) is 0 Å². The smallest absolute Gasteiger partial charge is 0.158 e. The van der Waals surface area contributed by atoms with Crippen molar-refractivity contribution in [2.75, 3.05) is 13.2 Å². The van der Waals surface area contributed by atoms with Gasteiger partial charge in [-0.15, -0.1) is 6.58 Å². The first kappa shape index (κ1) is 13.9. The third-order valence-corrected chi connectivity index (χ3v) is 2.66. The SMILES string of the molecule is C=CC(CC(OCC)OCC)c1ccccc1. The molecule has 1 unspecified atom stereocenters. The molecule has 1 atom stereocenters. The molecule has 1 aromatic rings. The predicted octanol–water partition coefficient (Wildman–Crippen LogP) is 3.75. The lowest BCUT2D eigenvalue weighted by molar-refractivity contribution is -0.140. The quantitative estimate of drug-likeness (QED) is 0.504. The van der Waals surface area contributed by atoms with Gasteiger partial charge in [-0.1, -0.05) is 36.4 Å². The van der Waals surface area contributed by atoms with Gasteiger partial charge in [0, 0.05) is 25.6 Å². The summed E-state index contributed by atoms with van der Waals surface area (Å²) in [7, 11) is 0. The average molecular weight is 234 g/mol. The Bertz CT molecular complexity index is 302. The van der Waals surface area contributed by atoms with Gasteiger partial charge in [0.05, 0.1) is 0 Å². The number of allylic oxidation sites excluding steroid dienone is 1. The van der Waals surface area contributed by atoms with Gasteiger partial charge in [-0.25, -0.2) is 0 Å². The molecule has 1 rings (SSSR count). The molecule has 1 aromatic carbocycles. The van der Waals surface area contributed by atoms with Crippen LogP contribution in [-0.2, 0) is 9.47 Å². The fourth-order valence-electron chi connectivity index (χ4n) is 1.83. The monoisotopic (exact) mass is 234 g/mol. The summed E-state index contributed by atoms with van der Waals surface area (Å²) >= 11 is 0. The van der Waals surface area contributed by atoms with Gasteiger partial charge in [-0.3, -0.25) is 0 Å². The number of benzene rings is 1. The van der Waals surface area contributed by atoms with Crippen molar-refractivity contribution in [3.05, 3.63) is 48.6 Å². The van der Waals surface area contributed by atoms with E-state index in [1.807, 2.05) is 38.1 Å². The van der Waals surface area contributed by atoms with Crippen molar-refractivity contribution in [2.45, 2.75) is 32.5 Å². The van der Waals surface area contributed by atoms with Gasteiger partial charge in [0.15, 0.2) is 6.29 Å². The molecule has 2 nitrogen and oxygen atoms in total. The van der Waals surface area contributed by atoms with Gasteiger partial charge in [0.1, 0.15) is 0 Å². The number of rotatable bonds is 8. The summed E-state index contributed by atoms with van der Waals surface area (Å²) in [6.45, 7) is 9.21. The van der Waals surface area contributed by atoms with Crippen LogP contribution < -0.4 is 0 Å². The van der Waals surface area contributed by atoms with Crippen LogP contribution in [0.15, 0.2) is 43.0 Å². The topological polar surface area (TPSA) is 18.5 Å². The van der Waals surface area contributed by atoms with Crippen LogP contribution >= 0.6 is 0 Å². The molecule has 0 saturated carbocycles. The summed E-state index contributed by atoms with van der Waals surface area (Å²) < 4.78 is 11.1. The molecular weight excluding hydrogens is 212 g/mol. The summed E-state index contributed by atoms with van der Waals surface area (Å²) in [6, 6.07) is 10.3. The lowest BCUT2D eigenvalue weighted by atomic mass is 9.96. The van der Waals surface area contributed by atoms with Gasteiger partial charge in [-0.05, 0) is 19.4 Å². The maximum Gasteiger partial charge on any atom is 0.158 e. The van der Waals surface area contributed by atoms with Crippen LogP contribution in [0, 0.1) is 0 Å². The highest BCUT2D eigenvalue weighted by molar-refractivity contribution is 5.23.